The normalized spacial score (nSPS) is 29.8. The molecule has 1 aliphatic rings. The van der Waals surface area contributed by atoms with Gasteiger partial charge in [0, 0.05) is 6.54 Å². The van der Waals surface area contributed by atoms with Crippen molar-refractivity contribution in [3.05, 3.63) is 0 Å². The molecular formula is C8H15NO2. The fourth-order valence-corrected chi connectivity index (χ4v) is 1.53. The molecule has 1 atom stereocenters. The van der Waals surface area contributed by atoms with Gasteiger partial charge in [-0.25, -0.2) is 0 Å². The summed E-state index contributed by atoms with van der Waals surface area (Å²) in [5, 5.41) is 11.9. The predicted molar refractivity (Wildman–Crippen MR) is 42.4 cm³/mol. The zero-order valence-electron chi connectivity index (χ0n) is 7.05. The average Bonchev–Trinajstić information content (AvgIpc) is 1.85. The van der Waals surface area contributed by atoms with Crippen molar-refractivity contribution in [2.45, 2.75) is 20.3 Å². The van der Waals surface area contributed by atoms with E-state index in [1.54, 1.807) is 0 Å². The van der Waals surface area contributed by atoms with Gasteiger partial charge in [0.05, 0.1) is 5.92 Å². The number of aliphatic carboxylic acids is 1. The van der Waals surface area contributed by atoms with Gasteiger partial charge in [-0.2, -0.15) is 0 Å². The second-order valence-electron chi connectivity index (χ2n) is 3.83. The summed E-state index contributed by atoms with van der Waals surface area (Å²) in [6, 6.07) is 0. The number of nitrogens with one attached hydrogen (secondary N) is 1. The molecule has 2 N–H and O–H groups in total. The van der Waals surface area contributed by atoms with E-state index in [4.69, 9.17) is 5.11 Å². The molecule has 0 aromatic rings. The Hall–Kier alpha value is -0.570. The first kappa shape index (κ1) is 8.53. The van der Waals surface area contributed by atoms with Gasteiger partial charge in [-0.3, -0.25) is 4.79 Å². The molecule has 1 rings (SSSR count). The first-order chi connectivity index (χ1) is 5.04. The van der Waals surface area contributed by atoms with Gasteiger partial charge in [-0.05, 0) is 18.4 Å². The Morgan fingerprint density at radius 2 is 2.27 bits per heavy atom. The third kappa shape index (κ3) is 1.71. The van der Waals surface area contributed by atoms with E-state index in [2.05, 4.69) is 5.32 Å². The van der Waals surface area contributed by atoms with Crippen LogP contribution in [0, 0.1) is 11.3 Å². The van der Waals surface area contributed by atoms with Crippen LogP contribution in [0.2, 0.25) is 0 Å². The lowest BCUT2D eigenvalue weighted by molar-refractivity contribution is -0.146. The van der Waals surface area contributed by atoms with Crippen molar-refractivity contribution in [3.63, 3.8) is 0 Å². The lowest BCUT2D eigenvalue weighted by Crippen LogP contribution is -2.45. The molecule has 1 aliphatic heterocycles. The molecule has 3 heteroatoms. The van der Waals surface area contributed by atoms with E-state index in [0.717, 1.165) is 13.0 Å². The molecule has 0 saturated carbocycles. The maximum atomic E-state index is 10.7. The first-order valence-corrected chi connectivity index (χ1v) is 3.97. The number of carbonyl (C=O) groups is 1. The summed E-state index contributed by atoms with van der Waals surface area (Å²) in [7, 11) is 0. The fraction of sp³-hybridized carbons (Fsp3) is 0.875. The van der Waals surface area contributed by atoms with Gasteiger partial charge in [-0.15, -0.1) is 0 Å². The van der Waals surface area contributed by atoms with Gasteiger partial charge in [-0.1, -0.05) is 13.8 Å². The highest BCUT2D eigenvalue weighted by atomic mass is 16.4. The number of piperidine rings is 1. The van der Waals surface area contributed by atoms with Crippen LogP contribution in [0.1, 0.15) is 20.3 Å². The van der Waals surface area contributed by atoms with Gasteiger partial charge in [0.15, 0.2) is 0 Å². The molecule has 1 saturated heterocycles. The summed E-state index contributed by atoms with van der Waals surface area (Å²) in [4.78, 5) is 10.7. The van der Waals surface area contributed by atoms with Crippen LogP contribution in [0.15, 0.2) is 0 Å². The van der Waals surface area contributed by atoms with Crippen LogP contribution >= 0.6 is 0 Å². The Bertz CT molecular complexity index is 165. The zero-order valence-corrected chi connectivity index (χ0v) is 7.05. The molecule has 3 nitrogen and oxygen atoms in total. The second kappa shape index (κ2) is 2.81. The summed E-state index contributed by atoms with van der Waals surface area (Å²) in [5.41, 5.74) is -0.0446. The smallest absolute Gasteiger partial charge is 0.308 e. The van der Waals surface area contributed by atoms with Crippen LogP contribution in [0.5, 0.6) is 0 Å². The molecule has 1 fully saturated rings. The largest absolute Gasteiger partial charge is 0.481 e. The standard InChI is InChI=1S/C8H15NO2/c1-8(2)3-4-9-5-6(8)7(10)11/h6,9H,3-5H2,1-2H3,(H,10,11). The molecule has 64 valence electrons. The van der Waals surface area contributed by atoms with Crippen molar-refractivity contribution in [1.82, 2.24) is 5.32 Å². The van der Waals surface area contributed by atoms with E-state index >= 15 is 0 Å². The quantitative estimate of drug-likeness (QED) is 0.589. The van der Waals surface area contributed by atoms with Gasteiger partial charge >= 0.3 is 5.97 Å². The van der Waals surface area contributed by atoms with Gasteiger partial charge in [0.25, 0.3) is 0 Å². The molecular weight excluding hydrogens is 142 g/mol. The minimum Gasteiger partial charge on any atom is -0.481 e. The molecule has 0 bridgehead atoms. The Morgan fingerprint density at radius 3 is 2.64 bits per heavy atom. The highest BCUT2D eigenvalue weighted by Gasteiger charge is 2.36. The van der Waals surface area contributed by atoms with Crippen molar-refractivity contribution < 1.29 is 9.90 Å². The second-order valence-corrected chi connectivity index (χ2v) is 3.83. The maximum Gasteiger partial charge on any atom is 0.308 e. The Balaban J connectivity index is 2.67. The summed E-state index contributed by atoms with van der Waals surface area (Å²) in [6.45, 7) is 5.60. The van der Waals surface area contributed by atoms with E-state index in [1.807, 2.05) is 13.8 Å². The van der Waals surface area contributed by atoms with Crippen LogP contribution in [0.3, 0.4) is 0 Å². The van der Waals surface area contributed by atoms with Gasteiger partial charge in [0.1, 0.15) is 0 Å². The fourth-order valence-electron chi connectivity index (χ4n) is 1.53. The SMILES string of the molecule is CC1(C)CCNCC1C(=O)O. The average molecular weight is 157 g/mol. The van der Waals surface area contributed by atoms with Gasteiger partial charge < -0.3 is 10.4 Å². The number of hydrogen-bond acceptors (Lipinski definition) is 2. The molecule has 0 aliphatic carbocycles. The summed E-state index contributed by atoms with van der Waals surface area (Å²) < 4.78 is 0. The lowest BCUT2D eigenvalue weighted by Gasteiger charge is -2.36. The van der Waals surface area contributed by atoms with Crippen LogP contribution in [-0.4, -0.2) is 24.2 Å². The van der Waals surface area contributed by atoms with E-state index in [1.165, 1.54) is 0 Å². The zero-order chi connectivity index (χ0) is 8.48. The molecule has 11 heavy (non-hydrogen) atoms. The van der Waals surface area contributed by atoms with Crippen molar-refractivity contribution in [2.24, 2.45) is 11.3 Å². The lowest BCUT2D eigenvalue weighted by atomic mass is 9.74. The minimum atomic E-state index is -0.679. The minimum absolute atomic E-state index is 0.0446. The molecule has 0 spiro atoms. The molecule has 0 aromatic carbocycles. The van der Waals surface area contributed by atoms with E-state index in [9.17, 15) is 4.79 Å². The highest BCUT2D eigenvalue weighted by molar-refractivity contribution is 5.71. The molecule has 0 amide bonds. The van der Waals surface area contributed by atoms with Gasteiger partial charge in [0.2, 0.25) is 0 Å². The molecule has 1 heterocycles. The first-order valence-electron chi connectivity index (χ1n) is 3.97. The number of carboxylic acids is 1. The molecule has 0 radical (unpaired) electrons. The van der Waals surface area contributed by atoms with E-state index in [-0.39, 0.29) is 11.3 Å². The van der Waals surface area contributed by atoms with Crippen LogP contribution in [0.25, 0.3) is 0 Å². The van der Waals surface area contributed by atoms with Crippen molar-refractivity contribution in [1.29, 1.82) is 0 Å². The summed E-state index contributed by atoms with van der Waals surface area (Å²) in [6.07, 6.45) is 0.948. The monoisotopic (exact) mass is 157 g/mol. The summed E-state index contributed by atoms with van der Waals surface area (Å²) >= 11 is 0. The molecule has 0 aromatic heterocycles. The highest BCUT2D eigenvalue weighted by Crippen LogP contribution is 2.32. The third-order valence-corrected chi connectivity index (χ3v) is 2.54. The van der Waals surface area contributed by atoms with Crippen LogP contribution in [-0.2, 0) is 4.79 Å². The Kier molecular flexibility index (Phi) is 2.18. The van der Waals surface area contributed by atoms with Crippen molar-refractivity contribution in [3.8, 4) is 0 Å². The van der Waals surface area contributed by atoms with Crippen molar-refractivity contribution in [2.75, 3.05) is 13.1 Å². The predicted octanol–water partition coefficient (Wildman–Crippen LogP) is 0.707. The maximum absolute atomic E-state index is 10.7. The number of rotatable bonds is 1. The Morgan fingerprint density at radius 1 is 1.64 bits per heavy atom. The topological polar surface area (TPSA) is 49.3 Å². The number of carboxylic acid groups (broad SMARTS) is 1. The third-order valence-electron chi connectivity index (χ3n) is 2.54. The number of hydrogen-bond donors (Lipinski definition) is 2. The Labute approximate surface area is 66.8 Å². The van der Waals surface area contributed by atoms with Crippen LogP contribution < -0.4 is 5.32 Å². The van der Waals surface area contributed by atoms with Crippen LogP contribution in [0.4, 0.5) is 0 Å². The van der Waals surface area contributed by atoms with E-state index < -0.39 is 5.97 Å². The molecule has 1 unspecified atom stereocenters. The summed E-state index contributed by atoms with van der Waals surface area (Å²) in [5.74, 6) is -0.904. The van der Waals surface area contributed by atoms with E-state index in [0.29, 0.717) is 6.54 Å². The van der Waals surface area contributed by atoms with Crippen molar-refractivity contribution >= 4 is 5.97 Å².